The van der Waals surface area contributed by atoms with Gasteiger partial charge in [0.15, 0.2) is 0 Å². The highest BCUT2D eigenvalue weighted by Gasteiger charge is 2.49. The highest BCUT2D eigenvalue weighted by Crippen LogP contribution is 2.40. The SMILES string of the molecule is CCN(C(C)CN(C)C)C1(CN)CCN2CCC1C2. The second-order valence-electron chi connectivity index (χ2n) is 6.74. The zero-order valence-corrected chi connectivity index (χ0v) is 13.2. The number of nitrogens with zero attached hydrogens (tertiary/aromatic N) is 3. The third kappa shape index (κ3) is 2.82. The molecule has 2 aliphatic rings. The van der Waals surface area contributed by atoms with Crippen LogP contribution in [-0.2, 0) is 0 Å². The Morgan fingerprint density at radius 3 is 2.68 bits per heavy atom. The van der Waals surface area contributed by atoms with Gasteiger partial charge in [0, 0.05) is 31.2 Å². The molecule has 4 unspecified atom stereocenters. The van der Waals surface area contributed by atoms with Crippen LogP contribution < -0.4 is 5.73 Å². The molecule has 2 N–H and O–H groups in total. The van der Waals surface area contributed by atoms with E-state index in [1.807, 2.05) is 0 Å². The van der Waals surface area contributed by atoms with Crippen molar-refractivity contribution in [1.29, 1.82) is 0 Å². The summed E-state index contributed by atoms with van der Waals surface area (Å²) < 4.78 is 0. The zero-order valence-electron chi connectivity index (χ0n) is 13.2. The standard InChI is InChI=1S/C15H32N4/c1-5-19(13(2)10-17(3)4)15(12-16)7-9-18-8-6-14(15)11-18/h13-14H,5-12,16H2,1-4H3. The van der Waals surface area contributed by atoms with Gasteiger partial charge in [0.25, 0.3) is 0 Å². The van der Waals surface area contributed by atoms with E-state index in [0.717, 1.165) is 25.6 Å². The summed E-state index contributed by atoms with van der Waals surface area (Å²) in [5.41, 5.74) is 6.54. The number of rotatable bonds is 6. The topological polar surface area (TPSA) is 35.7 Å². The van der Waals surface area contributed by atoms with E-state index in [1.54, 1.807) is 0 Å². The molecule has 0 aliphatic carbocycles. The first-order valence-corrected chi connectivity index (χ1v) is 7.87. The highest BCUT2D eigenvalue weighted by atomic mass is 15.3. The lowest BCUT2D eigenvalue weighted by molar-refractivity contribution is -0.0195. The molecule has 2 saturated heterocycles. The molecule has 0 aromatic carbocycles. The molecule has 0 saturated carbocycles. The van der Waals surface area contributed by atoms with Crippen LogP contribution in [0.3, 0.4) is 0 Å². The molecular weight excluding hydrogens is 236 g/mol. The van der Waals surface area contributed by atoms with Crippen molar-refractivity contribution >= 4 is 0 Å². The molecule has 0 aromatic heterocycles. The lowest BCUT2D eigenvalue weighted by Gasteiger charge is -2.52. The van der Waals surface area contributed by atoms with E-state index in [9.17, 15) is 0 Å². The summed E-state index contributed by atoms with van der Waals surface area (Å²) in [5, 5.41) is 0. The summed E-state index contributed by atoms with van der Waals surface area (Å²) in [6.45, 7) is 11.5. The van der Waals surface area contributed by atoms with Crippen molar-refractivity contribution in [1.82, 2.24) is 14.7 Å². The smallest absolute Gasteiger partial charge is 0.0387 e. The van der Waals surface area contributed by atoms with Gasteiger partial charge in [0.2, 0.25) is 0 Å². The number of likely N-dealkylation sites (N-methyl/N-ethyl adjacent to an activating group) is 2. The Labute approximate surface area is 118 Å². The fourth-order valence-electron chi connectivity index (χ4n) is 4.49. The number of hydrogen-bond donors (Lipinski definition) is 1. The molecule has 2 fully saturated rings. The van der Waals surface area contributed by atoms with Gasteiger partial charge < -0.3 is 15.5 Å². The molecule has 2 heterocycles. The van der Waals surface area contributed by atoms with Crippen LogP contribution in [0.4, 0.5) is 0 Å². The fourth-order valence-corrected chi connectivity index (χ4v) is 4.49. The quantitative estimate of drug-likeness (QED) is 0.768. The predicted molar refractivity (Wildman–Crippen MR) is 81.3 cm³/mol. The Kier molecular flexibility index (Phi) is 4.88. The van der Waals surface area contributed by atoms with Crippen LogP contribution in [0.5, 0.6) is 0 Å². The summed E-state index contributed by atoms with van der Waals surface area (Å²) in [6, 6.07) is 0.579. The van der Waals surface area contributed by atoms with Crippen molar-refractivity contribution in [3.63, 3.8) is 0 Å². The van der Waals surface area contributed by atoms with E-state index in [0.29, 0.717) is 6.04 Å². The van der Waals surface area contributed by atoms with E-state index < -0.39 is 0 Å². The van der Waals surface area contributed by atoms with Crippen LogP contribution >= 0.6 is 0 Å². The average Bonchev–Trinajstić information content (AvgIpc) is 2.76. The minimum Gasteiger partial charge on any atom is -0.329 e. The molecule has 2 bridgehead atoms. The van der Waals surface area contributed by atoms with Crippen molar-refractivity contribution in [3.8, 4) is 0 Å². The zero-order chi connectivity index (χ0) is 14.0. The molecular formula is C15H32N4. The van der Waals surface area contributed by atoms with Gasteiger partial charge >= 0.3 is 0 Å². The molecule has 0 spiro atoms. The number of fused-ring (bicyclic) bond motifs is 2. The molecule has 2 aliphatic heterocycles. The Morgan fingerprint density at radius 2 is 2.11 bits per heavy atom. The molecule has 2 rings (SSSR count). The number of nitrogens with two attached hydrogens (primary N) is 1. The molecule has 0 amide bonds. The molecule has 0 radical (unpaired) electrons. The van der Waals surface area contributed by atoms with E-state index in [4.69, 9.17) is 5.73 Å². The maximum absolute atomic E-state index is 6.29. The summed E-state index contributed by atoms with van der Waals surface area (Å²) in [6.07, 6.45) is 2.59. The largest absolute Gasteiger partial charge is 0.329 e. The minimum absolute atomic E-state index is 0.247. The summed E-state index contributed by atoms with van der Waals surface area (Å²) in [7, 11) is 4.33. The van der Waals surface area contributed by atoms with Gasteiger partial charge in [-0.15, -0.1) is 0 Å². The van der Waals surface area contributed by atoms with Gasteiger partial charge in [-0.25, -0.2) is 0 Å². The van der Waals surface area contributed by atoms with Gasteiger partial charge in [-0.2, -0.15) is 0 Å². The van der Waals surface area contributed by atoms with Gasteiger partial charge in [0.05, 0.1) is 0 Å². The van der Waals surface area contributed by atoms with Crippen LogP contribution in [0.2, 0.25) is 0 Å². The Balaban J connectivity index is 2.17. The Morgan fingerprint density at radius 1 is 1.37 bits per heavy atom. The lowest BCUT2D eigenvalue weighted by Crippen LogP contribution is -2.65. The van der Waals surface area contributed by atoms with Gasteiger partial charge in [-0.3, -0.25) is 4.90 Å². The van der Waals surface area contributed by atoms with Gasteiger partial charge in [-0.05, 0) is 59.4 Å². The number of piperidine rings is 1. The molecule has 4 heteroatoms. The van der Waals surface area contributed by atoms with Crippen molar-refractivity contribution in [2.75, 3.05) is 53.4 Å². The van der Waals surface area contributed by atoms with Crippen LogP contribution in [0.25, 0.3) is 0 Å². The first-order valence-electron chi connectivity index (χ1n) is 7.87. The van der Waals surface area contributed by atoms with Crippen molar-refractivity contribution in [3.05, 3.63) is 0 Å². The van der Waals surface area contributed by atoms with Crippen molar-refractivity contribution < 1.29 is 0 Å². The predicted octanol–water partition coefficient (Wildman–Crippen LogP) is 0.682. The third-order valence-corrected chi connectivity index (χ3v) is 5.32. The lowest BCUT2D eigenvalue weighted by atomic mass is 9.76. The summed E-state index contributed by atoms with van der Waals surface area (Å²) in [4.78, 5) is 7.62. The molecule has 19 heavy (non-hydrogen) atoms. The summed E-state index contributed by atoms with van der Waals surface area (Å²) >= 11 is 0. The van der Waals surface area contributed by atoms with Crippen LogP contribution in [0.15, 0.2) is 0 Å². The number of hydrogen-bond acceptors (Lipinski definition) is 4. The fraction of sp³-hybridized carbons (Fsp3) is 1.00. The van der Waals surface area contributed by atoms with E-state index in [1.165, 1.54) is 32.5 Å². The van der Waals surface area contributed by atoms with Crippen molar-refractivity contribution in [2.45, 2.75) is 38.3 Å². The molecule has 4 atom stereocenters. The van der Waals surface area contributed by atoms with E-state index >= 15 is 0 Å². The maximum atomic E-state index is 6.29. The molecule has 112 valence electrons. The minimum atomic E-state index is 0.247. The van der Waals surface area contributed by atoms with E-state index in [-0.39, 0.29) is 5.54 Å². The summed E-state index contributed by atoms with van der Waals surface area (Å²) in [5.74, 6) is 0.774. The second kappa shape index (κ2) is 6.08. The first-order chi connectivity index (χ1) is 9.03. The first kappa shape index (κ1) is 15.2. The van der Waals surface area contributed by atoms with Crippen LogP contribution in [-0.4, -0.2) is 79.6 Å². The maximum Gasteiger partial charge on any atom is 0.0387 e. The Bertz CT molecular complexity index is 294. The highest BCUT2D eigenvalue weighted by molar-refractivity contribution is 5.06. The normalized spacial score (nSPS) is 36.2. The average molecular weight is 268 g/mol. The van der Waals surface area contributed by atoms with Gasteiger partial charge in [-0.1, -0.05) is 6.92 Å². The monoisotopic (exact) mass is 268 g/mol. The van der Waals surface area contributed by atoms with E-state index in [2.05, 4.69) is 42.6 Å². The van der Waals surface area contributed by atoms with Gasteiger partial charge in [0.1, 0.15) is 0 Å². The molecule has 0 aromatic rings. The second-order valence-corrected chi connectivity index (χ2v) is 6.74. The molecule has 4 nitrogen and oxygen atoms in total. The third-order valence-electron chi connectivity index (χ3n) is 5.32. The van der Waals surface area contributed by atoms with Crippen LogP contribution in [0.1, 0.15) is 26.7 Å². The van der Waals surface area contributed by atoms with Crippen LogP contribution in [0, 0.1) is 5.92 Å². The Hall–Kier alpha value is -0.160. The van der Waals surface area contributed by atoms with Crippen molar-refractivity contribution in [2.24, 2.45) is 11.7 Å².